The molecular weight excluding hydrogens is 707 g/mol. The van der Waals surface area contributed by atoms with Crippen molar-refractivity contribution in [3.05, 3.63) is 188 Å². The van der Waals surface area contributed by atoms with Gasteiger partial charge in [0, 0.05) is 32.5 Å². The Labute approximate surface area is 331 Å². The molecule has 13 rings (SSSR count). The SMILES string of the molecule is c1cc(-c2cccc3ccccc23)cc(-c2nc(-n3c4ccc5c6ccccc6c6ccccc6c5c4c4ccc5ccccc5c43)nc3c2oc2ccccc23)c1. The van der Waals surface area contributed by atoms with Crippen molar-refractivity contribution in [3.8, 4) is 28.3 Å². The van der Waals surface area contributed by atoms with E-state index in [4.69, 9.17) is 14.4 Å². The van der Waals surface area contributed by atoms with Crippen LogP contribution in [0.5, 0.6) is 0 Å². The van der Waals surface area contributed by atoms with E-state index in [1.807, 2.05) is 12.1 Å². The minimum atomic E-state index is 0.602. The molecule has 4 heteroatoms. The van der Waals surface area contributed by atoms with E-state index in [1.165, 1.54) is 59.4 Å². The molecule has 0 fully saturated rings. The molecule has 0 unspecified atom stereocenters. The van der Waals surface area contributed by atoms with Crippen LogP contribution in [0.1, 0.15) is 0 Å². The lowest BCUT2D eigenvalue weighted by Gasteiger charge is -2.13. The lowest BCUT2D eigenvalue weighted by Crippen LogP contribution is -2.03. The molecule has 3 heterocycles. The van der Waals surface area contributed by atoms with Gasteiger partial charge in [-0.05, 0) is 78.5 Å². The van der Waals surface area contributed by atoms with Crippen LogP contribution in [0.4, 0.5) is 0 Å². The third kappa shape index (κ3) is 4.34. The van der Waals surface area contributed by atoms with Gasteiger partial charge in [0.05, 0.1) is 11.0 Å². The fourth-order valence-electron chi connectivity index (χ4n) is 9.66. The summed E-state index contributed by atoms with van der Waals surface area (Å²) >= 11 is 0. The van der Waals surface area contributed by atoms with Gasteiger partial charge in [0.15, 0.2) is 5.58 Å². The normalized spacial score (nSPS) is 12.1. The smallest absolute Gasteiger partial charge is 0.236 e. The number of fused-ring (bicyclic) bond motifs is 16. The molecule has 0 saturated carbocycles. The van der Waals surface area contributed by atoms with Gasteiger partial charge in [-0.3, -0.25) is 4.57 Å². The van der Waals surface area contributed by atoms with E-state index in [1.54, 1.807) is 0 Å². The largest absolute Gasteiger partial charge is 0.452 e. The molecule has 0 radical (unpaired) electrons. The summed E-state index contributed by atoms with van der Waals surface area (Å²) in [6, 6.07) is 67.3. The first-order chi connectivity index (χ1) is 28.8. The molecule has 10 aromatic carbocycles. The maximum absolute atomic E-state index is 6.68. The van der Waals surface area contributed by atoms with Crippen LogP contribution in [0.3, 0.4) is 0 Å². The van der Waals surface area contributed by atoms with Gasteiger partial charge < -0.3 is 4.42 Å². The van der Waals surface area contributed by atoms with Crippen LogP contribution in [0.2, 0.25) is 0 Å². The second-order valence-corrected chi connectivity index (χ2v) is 15.2. The third-order valence-corrected chi connectivity index (χ3v) is 12.2. The summed E-state index contributed by atoms with van der Waals surface area (Å²) in [6.45, 7) is 0. The monoisotopic (exact) mass is 737 g/mol. The quantitative estimate of drug-likeness (QED) is 0.170. The summed E-state index contributed by atoms with van der Waals surface area (Å²) < 4.78 is 8.99. The van der Waals surface area contributed by atoms with Crippen molar-refractivity contribution in [2.45, 2.75) is 0 Å². The first-order valence-corrected chi connectivity index (χ1v) is 19.7. The van der Waals surface area contributed by atoms with Gasteiger partial charge in [0.1, 0.15) is 16.8 Å². The summed E-state index contributed by atoms with van der Waals surface area (Å²) in [5, 5.41) is 15.5. The maximum Gasteiger partial charge on any atom is 0.236 e. The van der Waals surface area contributed by atoms with Crippen molar-refractivity contribution in [1.29, 1.82) is 0 Å². The maximum atomic E-state index is 6.68. The second kappa shape index (κ2) is 11.8. The molecule has 3 aromatic heterocycles. The predicted octanol–water partition coefficient (Wildman–Crippen LogP) is 14.6. The van der Waals surface area contributed by atoms with E-state index >= 15 is 0 Å². The predicted molar refractivity (Wildman–Crippen MR) is 242 cm³/mol. The van der Waals surface area contributed by atoms with E-state index in [0.717, 1.165) is 55.1 Å². The summed E-state index contributed by atoms with van der Waals surface area (Å²) in [5.41, 5.74) is 8.40. The van der Waals surface area contributed by atoms with Crippen molar-refractivity contribution in [1.82, 2.24) is 14.5 Å². The highest BCUT2D eigenvalue weighted by molar-refractivity contribution is 6.36. The molecule has 0 spiro atoms. The van der Waals surface area contributed by atoms with Crippen molar-refractivity contribution < 1.29 is 4.42 Å². The van der Waals surface area contributed by atoms with Crippen LogP contribution >= 0.6 is 0 Å². The molecule has 58 heavy (non-hydrogen) atoms. The van der Waals surface area contributed by atoms with E-state index in [9.17, 15) is 0 Å². The van der Waals surface area contributed by atoms with Gasteiger partial charge in [0.2, 0.25) is 5.95 Å². The molecular formula is C54H31N3O. The first-order valence-electron chi connectivity index (χ1n) is 19.7. The lowest BCUT2D eigenvalue weighted by molar-refractivity contribution is 0.666. The first kappa shape index (κ1) is 31.4. The number of nitrogens with zero attached hydrogens (tertiary/aromatic N) is 3. The molecule has 268 valence electrons. The van der Waals surface area contributed by atoms with Crippen molar-refractivity contribution in [2.75, 3.05) is 0 Å². The highest BCUT2D eigenvalue weighted by Gasteiger charge is 2.24. The topological polar surface area (TPSA) is 43.9 Å². The molecule has 0 atom stereocenters. The Hall–Kier alpha value is -7.82. The Bertz CT molecular complexity index is 3830. The molecule has 0 aliphatic rings. The number of hydrogen-bond acceptors (Lipinski definition) is 3. The number of para-hydroxylation sites is 1. The van der Waals surface area contributed by atoms with Crippen molar-refractivity contribution in [2.24, 2.45) is 0 Å². The van der Waals surface area contributed by atoms with Crippen LogP contribution in [0.25, 0.3) is 126 Å². The zero-order chi connectivity index (χ0) is 37.9. The minimum Gasteiger partial charge on any atom is -0.452 e. The number of benzene rings is 10. The Morgan fingerprint density at radius 1 is 0.397 bits per heavy atom. The Kier molecular flexibility index (Phi) is 6.41. The number of furan rings is 1. The fraction of sp³-hybridized carbons (Fsp3) is 0. The van der Waals surface area contributed by atoms with Crippen LogP contribution in [0, 0.1) is 0 Å². The standard InChI is InChI=1S/C54H31N3O/c1-3-18-36-32(13-1)15-12-25-37(36)34-16-11-17-35(31-34)50-53-51(44-24-9-10-26-47(44)58-53)56-54(55-50)57-46-30-29-43-41-22-6-5-20-39(41)40-21-7-8-23-42(40)48(43)49(46)45-28-27-33-14-2-4-19-38(33)52(45)57/h1-31H. The molecule has 0 saturated heterocycles. The van der Waals surface area contributed by atoms with Gasteiger partial charge in [-0.1, -0.05) is 164 Å². The molecule has 13 aromatic rings. The summed E-state index contributed by atoms with van der Waals surface area (Å²) in [5.74, 6) is 0.602. The van der Waals surface area contributed by atoms with Gasteiger partial charge in [-0.25, -0.2) is 9.97 Å². The van der Waals surface area contributed by atoms with Crippen LogP contribution < -0.4 is 0 Å². The minimum absolute atomic E-state index is 0.602. The lowest BCUT2D eigenvalue weighted by atomic mass is 9.91. The number of aromatic nitrogens is 3. The van der Waals surface area contributed by atoms with Crippen LogP contribution in [-0.4, -0.2) is 14.5 Å². The van der Waals surface area contributed by atoms with E-state index < -0.39 is 0 Å². The summed E-state index contributed by atoms with van der Waals surface area (Å²) in [7, 11) is 0. The average molecular weight is 738 g/mol. The Morgan fingerprint density at radius 3 is 1.79 bits per heavy atom. The second-order valence-electron chi connectivity index (χ2n) is 15.2. The van der Waals surface area contributed by atoms with Crippen LogP contribution in [0.15, 0.2) is 192 Å². The molecule has 0 bridgehead atoms. The number of hydrogen-bond donors (Lipinski definition) is 0. The van der Waals surface area contributed by atoms with Gasteiger partial charge in [-0.2, -0.15) is 0 Å². The van der Waals surface area contributed by atoms with Gasteiger partial charge in [0.25, 0.3) is 0 Å². The highest BCUT2D eigenvalue weighted by Crippen LogP contribution is 2.45. The molecule has 0 aliphatic carbocycles. The number of rotatable bonds is 3. The van der Waals surface area contributed by atoms with Crippen molar-refractivity contribution in [3.63, 3.8) is 0 Å². The average Bonchev–Trinajstić information content (AvgIpc) is 3.85. The molecule has 0 amide bonds. The van der Waals surface area contributed by atoms with E-state index in [0.29, 0.717) is 11.5 Å². The van der Waals surface area contributed by atoms with E-state index in [-0.39, 0.29) is 0 Å². The summed E-state index contributed by atoms with van der Waals surface area (Å²) in [6.07, 6.45) is 0. The third-order valence-electron chi connectivity index (χ3n) is 12.2. The molecule has 4 nitrogen and oxygen atoms in total. The molecule has 0 N–H and O–H groups in total. The van der Waals surface area contributed by atoms with Gasteiger partial charge >= 0.3 is 0 Å². The van der Waals surface area contributed by atoms with Crippen molar-refractivity contribution >= 4 is 97.7 Å². The van der Waals surface area contributed by atoms with E-state index in [2.05, 4.69) is 180 Å². The Balaban J connectivity index is 1.18. The summed E-state index contributed by atoms with van der Waals surface area (Å²) in [4.78, 5) is 11.0. The molecule has 0 aliphatic heterocycles. The Morgan fingerprint density at radius 2 is 0.983 bits per heavy atom. The fourth-order valence-corrected chi connectivity index (χ4v) is 9.66. The van der Waals surface area contributed by atoms with Crippen LogP contribution in [-0.2, 0) is 0 Å². The zero-order valence-corrected chi connectivity index (χ0v) is 31.1. The van der Waals surface area contributed by atoms with Gasteiger partial charge in [-0.15, -0.1) is 0 Å². The zero-order valence-electron chi connectivity index (χ0n) is 31.1. The highest BCUT2D eigenvalue weighted by atomic mass is 16.3.